The number of nitrogens with one attached hydrogen (secondary N) is 1. The van der Waals surface area contributed by atoms with Gasteiger partial charge in [-0.05, 0) is 18.2 Å². The van der Waals surface area contributed by atoms with E-state index in [9.17, 15) is 19.4 Å². The molecule has 22 heteroatoms. The second-order valence-electron chi connectivity index (χ2n) is 11.1. The van der Waals surface area contributed by atoms with E-state index in [0.29, 0.717) is 12.3 Å². The van der Waals surface area contributed by atoms with Crippen LogP contribution in [0.5, 0.6) is 5.88 Å². The molecule has 1 saturated carbocycles. The second-order valence-corrected chi connectivity index (χ2v) is 14.8. The monoisotopic (exact) mass is 727 g/mol. The Hall–Kier alpha value is -3.21. The zero-order valence-electron chi connectivity index (χ0n) is 25.9. The van der Waals surface area contributed by atoms with E-state index < -0.39 is 57.1 Å². The van der Waals surface area contributed by atoms with E-state index in [0.717, 1.165) is 0 Å². The molecule has 3 aromatic heterocycles. The van der Waals surface area contributed by atoms with E-state index in [4.69, 9.17) is 44.6 Å². The number of nitrogens with zero attached hydrogens (tertiary/aromatic N) is 8. The van der Waals surface area contributed by atoms with Gasteiger partial charge in [0.05, 0.1) is 57.2 Å². The Bertz CT molecular complexity index is 1740. The van der Waals surface area contributed by atoms with Gasteiger partial charge in [0, 0.05) is 45.1 Å². The van der Waals surface area contributed by atoms with Crippen LogP contribution in [0.15, 0.2) is 34.7 Å². The molecule has 0 spiro atoms. The molecule has 2 unspecified atom stereocenters. The maximum Gasteiger partial charge on any atom is 0.327 e. The quantitative estimate of drug-likeness (QED) is 0.0821. The number of hydrogen-bond acceptors (Lipinski definition) is 16. The lowest BCUT2D eigenvalue weighted by Gasteiger charge is -2.29. The summed E-state index contributed by atoms with van der Waals surface area (Å²) < 4.78 is 48.9. The number of hydrogen-bond donors (Lipinski definition) is 3. The SMILES string of the molecule is CN(C)/C=N/c1nc2c(ncn2[C@@H]2O[C@H](CO)C[C@@H]2OP(=S)(OCCC#N)OC[C@H]2C[C@@H](Oc3ccncn3)C[C@@H]2O[PH](=O)O)c(=O)[nH]1. The molecule has 3 N–H and O–H groups in total. The van der Waals surface area contributed by atoms with Crippen molar-refractivity contribution in [2.45, 2.75) is 56.3 Å². The van der Waals surface area contributed by atoms with Crippen LogP contribution in [0.4, 0.5) is 5.95 Å². The first-order chi connectivity index (χ1) is 23.1. The number of aliphatic hydroxyl groups is 1. The third-order valence-corrected chi connectivity index (χ3v) is 10.2. The summed E-state index contributed by atoms with van der Waals surface area (Å²) in [7, 11) is 0.227. The third kappa shape index (κ3) is 9.27. The van der Waals surface area contributed by atoms with Gasteiger partial charge in [-0.25, -0.2) is 19.9 Å². The number of H-pyrrole nitrogens is 1. The van der Waals surface area contributed by atoms with Crippen molar-refractivity contribution in [2.75, 3.05) is 33.9 Å². The van der Waals surface area contributed by atoms with Gasteiger partial charge in [0.25, 0.3) is 5.56 Å². The predicted octanol–water partition coefficient (Wildman–Crippen LogP) is 1.59. The minimum Gasteiger partial charge on any atom is -0.474 e. The van der Waals surface area contributed by atoms with Crippen LogP contribution >= 0.6 is 15.0 Å². The van der Waals surface area contributed by atoms with E-state index in [2.05, 4.69) is 29.9 Å². The molecule has 0 radical (unpaired) electrons. The maximum absolute atomic E-state index is 12.8. The van der Waals surface area contributed by atoms with Crippen molar-refractivity contribution in [2.24, 2.45) is 10.9 Å². The summed E-state index contributed by atoms with van der Waals surface area (Å²) >= 11 is 5.80. The van der Waals surface area contributed by atoms with Gasteiger partial charge in [0.1, 0.15) is 18.5 Å². The average molecular weight is 728 g/mol. The Morgan fingerprint density at radius 3 is 2.85 bits per heavy atom. The molecule has 2 fully saturated rings. The average Bonchev–Trinajstić information content (AvgIpc) is 3.76. The van der Waals surface area contributed by atoms with Crippen molar-refractivity contribution in [1.82, 2.24) is 34.4 Å². The molecule has 3 aromatic rings. The molecule has 0 aromatic carbocycles. The summed E-state index contributed by atoms with van der Waals surface area (Å²) in [5, 5.41) is 19.1. The van der Waals surface area contributed by atoms with Crippen LogP contribution in [0.25, 0.3) is 11.2 Å². The van der Waals surface area contributed by atoms with Crippen LogP contribution in [0.3, 0.4) is 0 Å². The molecule has 2 aliphatic rings. The first-order valence-corrected chi connectivity index (χ1v) is 18.6. The Morgan fingerprint density at radius 2 is 2.15 bits per heavy atom. The molecule has 1 aliphatic carbocycles. The molecule has 48 heavy (non-hydrogen) atoms. The molecule has 0 bridgehead atoms. The van der Waals surface area contributed by atoms with Gasteiger partial charge in [-0.2, -0.15) is 10.2 Å². The van der Waals surface area contributed by atoms with Crippen LogP contribution in [-0.4, -0.2) is 109 Å². The lowest BCUT2D eigenvalue weighted by molar-refractivity contribution is -0.0480. The van der Waals surface area contributed by atoms with E-state index in [1.165, 1.54) is 29.8 Å². The van der Waals surface area contributed by atoms with E-state index >= 15 is 0 Å². The standard InChI is InChI=1S/C26H35N9O10P2S/c1-34(2)14-31-26-32-23-22(24(37)33-26)30-15-35(23)25-20(10-18(11-36)43-25)45-47(48,40-7-3-5-27)41-12-16-8-17(9-19(16)44-46(38)39)42-21-4-6-28-13-29-21/h4,6,13-20,25,36,46H,3,7-12H2,1-2H3,(H,38,39)(H,32,33,37)/b31-14+/t16-,17-,18+,19+,20+,25-,47?/m1/s1. The van der Waals surface area contributed by atoms with E-state index in [1.807, 2.05) is 6.07 Å². The molecule has 0 amide bonds. The maximum atomic E-state index is 12.8. The van der Waals surface area contributed by atoms with Crippen molar-refractivity contribution in [3.05, 3.63) is 35.3 Å². The molecule has 1 saturated heterocycles. The topological polar surface area (TPSA) is 242 Å². The molecule has 260 valence electrons. The van der Waals surface area contributed by atoms with Crippen LogP contribution in [0.2, 0.25) is 0 Å². The number of imidazole rings is 1. The van der Waals surface area contributed by atoms with Gasteiger partial charge in [-0.15, -0.1) is 0 Å². The normalized spacial score (nSPS) is 26.1. The zero-order chi connectivity index (χ0) is 34.3. The summed E-state index contributed by atoms with van der Waals surface area (Å²) in [5.41, 5.74) is -0.335. The number of fused-ring (bicyclic) bond motifs is 1. The molecule has 8 atom stereocenters. The zero-order valence-corrected chi connectivity index (χ0v) is 28.6. The number of aliphatic hydroxyl groups excluding tert-OH is 1. The van der Waals surface area contributed by atoms with Crippen LogP contribution in [0.1, 0.15) is 31.9 Å². The Kier molecular flexibility index (Phi) is 12.4. The van der Waals surface area contributed by atoms with Gasteiger partial charge >= 0.3 is 15.0 Å². The highest BCUT2D eigenvalue weighted by molar-refractivity contribution is 8.07. The highest BCUT2D eigenvalue weighted by atomic mass is 32.5. The highest BCUT2D eigenvalue weighted by Crippen LogP contribution is 2.55. The summed E-state index contributed by atoms with van der Waals surface area (Å²) in [6.45, 7) is -4.18. The van der Waals surface area contributed by atoms with Crippen molar-refractivity contribution in [3.8, 4) is 11.9 Å². The molecular weight excluding hydrogens is 692 g/mol. The number of aromatic amines is 1. The number of aliphatic imine (C=N–C) groups is 1. The Morgan fingerprint density at radius 1 is 1.31 bits per heavy atom. The molecule has 5 rings (SSSR count). The van der Waals surface area contributed by atoms with Crippen LogP contribution in [-0.2, 0) is 39.2 Å². The van der Waals surface area contributed by atoms with Crippen LogP contribution < -0.4 is 10.3 Å². The lowest BCUT2D eigenvalue weighted by atomic mass is 10.1. The van der Waals surface area contributed by atoms with Gasteiger partial charge in [0.2, 0.25) is 11.8 Å². The fraction of sp³-hybridized carbons (Fsp3) is 0.577. The van der Waals surface area contributed by atoms with Crippen molar-refractivity contribution < 1.29 is 42.1 Å². The Labute approximate surface area is 280 Å². The van der Waals surface area contributed by atoms with Gasteiger partial charge in [-0.1, -0.05) is 0 Å². The largest absolute Gasteiger partial charge is 0.474 e. The third-order valence-electron chi connectivity index (χ3n) is 7.31. The number of aromatic nitrogens is 6. The first kappa shape index (κ1) is 36.1. The van der Waals surface area contributed by atoms with Gasteiger partial charge in [-0.3, -0.25) is 18.9 Å². The Balaban J connectivity index is 1.37. The highest BCUT2D eigenvalue weighted by Gasteiger charge is 2.44. The number of nitriles is 1. The van der Waals surface area contributed by atoms with Crippen molar-refractivity contribution >= 4 is 50.2 Å². The van der Waals surface area contributed by atoms with Gasteiger partial charge in [0.15, 0.2) is 17.4 Å². The number of ether oxygens (including phenoxy) is 2. The summed E-state index contributed by atoms with van der Waals surface area (Å²) in [6.07, 6.45) is 2.90. The molecule has 4 heterocycles. The number of rotatable bonds is 16. The fourth-order valence-electron chi connectivity index (χ4n) is 5.26. The molecular formula is C26H35N9O10P2S. The summed E-state index contributed by atoms with van der Waals surface area (Å²) in [5.74, 6) is -0.0730. The predicted molar refractivity (Wildman–Crippen MR) is 172 cm³/mol. The van der Waals surface area contributed by atoms with E-state index in [-0.39, 0.29) is 56.2 Å². The smallest absolute Gasteiger partial charge is 0.327 e. The summed E-state index contributed by atoms with van der Waals surface area (Å²) in [6, 6.07) is 3.58. The van der Waals surface area contributed by atoms with Crippen molar-refractivity contribution in [3.63, 3.8) is 0 Å². The first-order valence-electron chi connectivity index (χ1n) is 14.8. The molecule has 1 aliphatic heterocycles. The lowest BCUT2D eigenvalue weighted by Crippen LogP contribution is -2.25. The minimum atomic E-state index is -3.65. The summed E-state index contributed by atoms with van der Waals surface area (Å²) in [4.78, 5) is 47.3. The second kappa shape index (κ2) is 16.5. The molecule has 19 nitrogen and oxygen atoms in total. The fourth-order valence-corrected chi connectivity index (χ4v) is 7.95. The minimum absolute atomic E-state index is 0.000556. The van der Waals surface area contributed by atoms with Crippen molar-refractivity contribution in [1.29, 1.82) is 5.26 Å². The van der Waals surface area contributed by atoms with Crippen LogP contribution in [0, 0.1) is 17.2 Å². The van der Waals surface area contributed by atoms with Gasteiger partial charge < -0.3 is 42.5 Å². The van der Waals surface area contributed by atoms with E-state index in [1.54, 1.807) is 25.1 Å².